The first-order chi connectivity index (χ1) is 14.4. The van der Waals surface area contributed by atoms with Gasteiger partial charge in [-0.25, -0.2) is 4.98 Å². The number of tetrazole rings is 1. The molecule has 0 aliphatic heterocycles. The number of nitrogens with zero attached hydrogens (tertiary/aromatic N) is 5. The van der Waals surface area contributed by atoms with Gasteiger partial charge in [0.25, 0.3) is 5.56 Å². The van der Waals surface area contributed by atoms with E-state index in [1.54, 1.807) is 15.4 Å². The van der Waals surface area contributed by atoms with Crippen LogP contribution in [0.15, 0.2) is 47.3 Å². The Hall–Kier alpha value is -3.17. The molecule has 4 rings (SSSR count). The third kappa shape index (κ3) is 4.07. The zero-order valence-electron chi connectivity index (χ0n) is 17.2. The van der Waals surface area contributed by atoms with E-state index in [9.17, 15) is 4.79 Å². The number of aromatic amines is 1. The molecule has 2 heterocycles. The molecule has 1 atom stereocenters. The highest BCUT2D eigenvalue weighted by atomic mass is 32.1. The van der Waals surface area contributed by atoms with E-state index in [-0.39, 0.29) is 5.56 Å². The average Bonchev–Trinajstić information content (AvgIpc) is 3.07. The van der Waals surface area contributed by atoms with Crippen molar-refractivity contribution in [1.82, 2.24) is 29.8 Å². The van der Waals surface area contributed by atoms with E-state index < -0.39 is 0 Å². The molecular formula is C21H24N7OS+. The Morgan fingerprint density at radius 2 is 1.83 bits per heavy atom. The van der Waals surface area contributed by atoms with E-state index in [4.69, 9.17) is 12.2 Å². The number of aromatic nitrogens is 6. The van der Waals surface area contributed by atoms with Crippen molar-refractivity contribution < 1.29 is 4.90 Å². The fourth-order valence-electron chi connectivity index (χ4n) is 3.57. The first-order valence-electron chi connectivity index (χ1n) is 9.87. The molecule has 154 valence electrons. The number of aryl methyl sites for hydroxylation is 2. The summed E-state index contributed by atoms with van der Waals surface area (Å²) in [6.45, 7) is 8.06. The van der Waals surface area contributed by atoms with Gasteiger partial charge in [0, 0.05) is 0 Å². The molecule has 0 aliphatic carbocycles. The van der Waals surface area contributed by atoms with Crippen LogP contribution in [0.4, 0.5) is 0 Å². The molecule has 0 fully saturated rings. The van der Waals surface area contributed by atoms with E-state index >= 15 is 0 Å². The highest BCUT2D eigenvalue weighted by Crippen LogP contribution is 2.12. The van der Waals surface area contributed by atoms with Crippen molar-refractivity contribution in [3.63, 3.8) is 0 Å². The molecule has 0 spiro atoms. The van der Waals surface area contributed by atoms with Crippen LogP contribution >= 0.6 is 12.2 Å². The van der Waals surface area contributed by atoms with Gasteiger partial charge in [-0.05, 0) is 78.8 Å². The number of hydrogen-bond acceptors (Lipinski definition) is 5. The fraction of sp³-hybridized carbons (Fsp3) is 0.286. The average molecular weight is 423 g/mol. The van der Waals surface area contributed by atoms with Gasteiger partial charge in [0.15, 0.2) is 12.5 Å². The zero-order chi connectivity index (χ0) is 21.3. The number of para-hydroxylation sites is 1. The van der Waals surface area contributed by atoms with E-state index in [2.05, 4.69) is 33.4 Å². The second-order valence-electron chi connectivity index (χ2n) is 7.49. The maximum Gasteiger partial charge on any atom is 0.258 e. The number of fused-ring (bicyclic) bond motifs is 1. The lowest BCUT2D eigenvalue weighted by Gasteiger charge is -2.16. The van der Waals surface area contributed by atoms with Gasteiger partial charge in [-0.3, -0.25) is 4.79 Å². The van der Waals surface area contributed by atoms with Crippen LogP contribution in [0, 0.1) is 18.6 Å². The molecule has 2 aromatic heterocycles. The molecule has 4 aromatic rings. The molecule has 30 heavy (non-hydrogen) atoms. The lowest BCUT2D eigenvalue weighted by molar-refractivity contribution is -0.936. The Kier molecular flexibility index (Phi) is 5.56. The van der Waals surface area contributed by atoms with Crippen LogP contribution in [-0.2, 0) is 13.2 Å². The van der Waals surface area contributed by atoms with E-state index in [1.807, 2.05) is 44.2 Å². The molecule has 0 saturated heterocycles. The fourth-order valence-corrected chi connectivity index (χ4v) is 3.81. The molecule has 9 heteroatoms. The third-order valence-corrected chi connectivity index (χ3v) is 5.43. The number of quaternary nitrogens is 1. The summed E-state index contributed by atoms with van der Waals surface area (Å²) in [6, 6.07) is 13.5. The van der Waals surface area contributed by atoms with Crippen molar-refractivity contribution in [1.29, 1.82) is 0 Å². The summed E-state index contributed by atoms with van der Waals surface area (Å²) in [4.78, 5) is 21.0. The smallest absolute Gasteiger partial charge is 0.258 e. The van der Waals surface area contributed by atoms with Gasteiger partial charge >= 0.3 is 0 Å². The number of H-pyrrole nitrogens is 1. The molecule has 0 aliphatic rings. The first kappa shape index (κ1) is 20.1. The summed E-state index contributed by atoms with van der Waals surface area (Å²) in [6.07, 6.45) is 0. The summed E-state index contributed by atoms with van der Waals surface area (Å²) in [7, 11) is 0. The van der Waals surface area contributed by atoms with Crippen LogP contribution in [-0.4, -0.2) is 36.3 Å². The van der Waals surface area contributed by atoms with Crippen molar-refractivity contribution in [2.24, 2.45) is 0 Å². The highest BCUT2D eigenvalue weighted by molar-refractivity contribution is 7.71. The lowest BCUT2D eigenvalue weighted by Crippen LogP contribution is -3.09. The summed E-state index contributed by atoms with van der Waals surface area (Å²) < 4.78 is 3.93. The number of benzene rings is 2. The van der Waals surface area contributed by atoms with E-state index in [0.717, 1.165) is 28.3 Å². The SMILES string of the molecule is CC[NH+](Cc1nc2ccccc2c(=O)[nH]1)Cn1nnn(-c2cc(C)cc(C)c2)c1=S. The molecule has 0 amide bonds. The van der Waals surface area contributed by atoms with E-state index in [0.29, 0.717) is 34.7 Å². The van der Waals surface area contributed by atoms with Crippen molar-refractivity contribution in [3.8, 4) is 5.69 Å². The third-order valence-electron chi connectivity index (χ3n) is 5.04. The van der Waals surface area contributed by atoms with Gasteiger partial charge in [0.2, 0.25) is 4.77 Å². The topological polar surface area (TPSA) is 85.8 Å². The Morgan fingerprint density at radius 3 is 2.57 bits per heavy atom. The van der Waals surface area contributed by atoms with Gasteiger partial charge in [0.05, 0.1) is 23.1 Å². The second-order valence-corrected chi connectivity index (χ2v) is 7.85. The van der Waals surface area contributed by atoms with Crippen LogP contribution < -0.4 is 10.5 Å². The zero-order valence-corrected chi connectivity index (χ0v) is 18.0. The predicted octanol–water partition coefficient (Wildman–Crippen LogP) is 1.71. The van der Waals surface area contributed by atoms with Crippen molar-refractivity contribution >= 4 is 23.1 Å². The number of hydrogen-bond donors (Lipinski definition) is 2. The molecule has 2 N–H and O–H groups in total. The quantitative estimate of drug-likeness (QED) is 0.462. The maximum atomic E-state index is 12.3. The number of nitrogens with one attached hydrogen (secondary N) is 2. The summed E-state index contributed by atoms with van der Waals surface area (Å²) in [5.74, 6) is 0.642. The van der Waals surface area contributed by atoms with Crippen LogP contribution in [0.5, 0.6) is 0 Å². The van der Waals surface area contributed by atoms with Crippen molar-refractivity contribution in [3.05, 3.63) is 74.5 Å². The first-order valence-corrected chi connectivity index (χ1v) is 10.3. The van der Waals surface area contributed by atoms with Crippen molar-refractivity contribution in [2.45, 2.75) is 34.0 Å². The van der Waals surface area contributed by atoms with Gasteiger partial charge < -0.3 is 9.88 Å². The monoisotopic (exact) mass is 422 g/mol. The van der Waals surface area contributed by atoms with Crippen LogP contribution in [0.3, 0.4) is 0 Å². The maximum absolute atomic E-state index is 12.3. The lowest BCUT2D eigenvalue weighted by atomic mass is 10.1. The molecule has 0 bridgehead atoms. The van der Waals surface area contributed by atoms with Crippen LogP contribution in [0.2, 0.25) is 0 Å². The molecule has 8 nitrogen and oxygen atoms in total. The van der Waals surface area contributed by atoms with E-state index in [1.165, 1.54) is 0 Å². The van der Waals surface area contributed by atoms with Crippen molar-refractivity contribution in [2.75, 3.05) is 6.54 Å². The predicted molar refractivity (Wildman–Crippen MR) is 117 cm³/mol. The van der Waals surface area contributed by atoms with Crippen LogP contribution in [0.25, 0.3) is 16.6 Å². The molecular weight excluding hydrogens is 398 g/mol. The summed E-state index contributed by atoms with van der Waals surface area (Å²) in [5.41, 5.74) is 3.78. The molecule has 0 radical (unpaired) electrons. The Bertz CT molecular complexity index is 1300. The summed E-state index contributed by atoms with van der Waals surface area (Å²) in [5, 5.41) is 9.11. The standard InChI is InChI=1S/C21H23N7OS/c1-4-26(12-19-22-18-8-6-5-7-17(18)20(29)23-19)13-27-21(30)28(25-24-27)16-10-14(2)9-15(3)11-16/h5-11H,4,12-13H2,1-3H3,(H,22,23,29)/p+1. The molecule has 1 unspecified atom stereocenters. The van der Waals surface area contributed by atoms with Gasteiger partial charge in [0.1, 0.15) is 6.54 Å². The molecule has 0 saturated carbocycles. The second kappa shape index (κ2) is 8.29. The Balaban J connectivity index is 1.58. The Morgan fingerprint density at radius 1 is 1.10 bits per heavy atom. The minimum absolute atomic E-state index is 0.122. The Labute approximate surface area is 178 Å². The highest BCUT2D eigenvalue weighted by Gasteiger charge is 2.15. The largest absolute Gasteiger partial charge is 0.310 e. The minimum Gasteiger partial charge on any atom is -0.310 e. The normalized spacial score (nSPS) is 12.4. The van der Waals surface area contributed by atoms with Crippen LogP contribution in [0.1, 0.15) is 23.9 Å². The van der Waals surface area contributed by atoms with Gasteiger partial charge in [-0.1, -0.05) is 18.2 Å². The molecule has 2 aromatic carbocycles. The number of rotatable bonds is 6. The van der Waals surface area contributed by atoms with Gasteiger partial charge in [-0.2, -0.15) is 9.36 Å². The van der Waals surface area contributed by atoms with Gasteiger partial charge in [-0.15, -0.1) is 0 Å². The minimum atomic E-state index is -0.122. The summed E-state index contributed by atoms with van der Waals surface area (Å²) >= 11 is 5.62.